The number of esters is 1. The molecule has 0 bridgehead atoms. The third-order valence-electron chi connectivity index (χ3n) is 4.23. The Labute approximate surface area is 153 Å². The summed E-state index contributed by atoms with van der Waals surface area (Å²) in [5.74, 6) is -0.416. The summed E-state index contributed by atoms with van der Waals surface area (Å²) in [6.07, 6.45) is 4.01. The first-order valence-electron chi connectivity index (χ1n) is 8.27. The van der Waals surface area contributed by atoms with Gasteiger partial charge in [0.1, 0.15) is 0 Å². The lowest BCUT2D eigenvalue weighted by atomic mass is 9.87. The van der Waals surface area contributed by atoms with Crippen molar-refractivity contribution in [1.82, 2.24) is 0 Å². The summed E-state index contributed by atoms with van der Waals surface area (Å²) in [4.78, 5) is 14.6. The molecule has 0 saturated heterocycles. The number of nitrogens with zero attached hydrogens (tertiary/aromatic N) is 1. The van der Waals surface area contributed by atoms with E-state index in [-0.39, 0.29) is 11.9 Å². The van der Waals surface area contributed by atoms with Crippen LogP contribution in [0.15, 0.2) is 78.1 Å². The quantitative estimate of drug-likeness (QED) is 0.699. The minimum absolute atomic E-state index is 0.129. The van der Waals surface area contributed by atoms with Crippen molar-refractivity contribution in [2.75, 3.05) is 11.5 Å². The number of benzene rings is 2. The van der Waals surface area contributed by atoms with Gasteiger partial charge in [-0.2, -0.15) is 0 Å². The molecule has 3 nitrogen and oxygen atoms in total. The third kappa shape index (κ3) is 3.62. The SMILES string of the molecule is CCOC(=O)C1=C(C)N(c2cccc(Cl)c2)C=CC1c1ccccc1. The van der Waals surface area contributed by atoms with Crippen molar-refractivity contribution in [2.45, 2.75) is 19.8 Å². The van der Waals surface area contributed by atoms with E-state index in [4.69, 9.17) is 16.3 Å². The molecule has 0 N–H and O–H groups in total. The maximum absolute atomic E-state index is 12.7. The van der Waals surface area contributed by atoms with Gasteiger partial charge in [0.2, 0.25) is 0 Å². The average molecular weight is 354 g/mol. The van der Waals surface area contributed by atoms with E-state index >= 15 is 0 Å². The van der Waals surface area contributed by atoms with Crippen LogP contribution in [0.5, 0.6) is 0 Å². The first-order chi connectivity index (χ1) is 12.1. The molecule has 2 aromatic rings. The number of rotatable bonds is 4. The summed E-state index contributed by atoms with van der Waals surface area (Å²) < 4.78 is 5.33. The number of carbonyl (C=O) groups excluding carboxylic acids is 1. The predicted molar refractivity (Wildman–Crippen MR) is 102 cm³/mol. The second-order valence-corrected chi connectivity index (χ2v) is 6.24. The largest absolute Gasteiger partial charge is 0.463 e. The van der Waals surface area contributed by atoms with Crippen LogP contribution in [0.1, 0.15) is 25.3 Å². The molecular weight excluding hydrogens is 334 g/mol. The standard InChI is InChI=1S/C21H20ClNO2/c1-3-25-21(24)20-15(2)23(18-11-7-10-17(22)14-18)13-12-19(20)16-8-5-4-6-9-16/h4-14,19H,3H2,1-2H3. The van der Waals surface area contributed by atoms with Crippen molar-refractivity contribution in [1.29, 1.82) is 0 Å². The highest BCUT2D eigenvalue weighted by molar-refractivity contribution is 6.30. The van der Waals surface area contributed by atoms with Crippen LogP contribution in [0, 0.1) is 0 Å². The van der Waals surface area contributed by atoms with Crippen molar-refractivity contribution in [3.05, 3.63) is 88.7 Å². The molecule has 1 aliphatic heterocycles. The van der Waals surface area contributed by atoms with E-state index in [1.807, 2.05) is 85.6 Å². The van der Waals surface area contributed by atoms with Gasteiger partial charge in [-0.05, 0) is 37.6 Å². The van der Waals surface area contributed by atoms with Gasteiger partial charge >= 0.3 is 5.97 Å². The van der Waals surface area contributed by atoms with Crippen LogP contribution in [0.2, 0.25) is 5.02 Å². The molecule has 0 saturated carbocycles. The number of allylic oxidation sites excluding steroid dienone is 2. The summed E-state index contributed by atoms with van der Waals surface area (Å²) in [5, 5.41) is 0.654. The average Bonchev–Trinajstić information content (AvgIpc) is 2.62. The Morgan fingerprint density at radius 3 is 2.60 bits per heavy atom. The molecule has 0 aliphatic carbocycles. The molecule has 1 atom stereocenters. The summed E-state index contributed by atoms with van der Waals surface area (Å²) >= 11 is 6.13. The Balaban J connectivity index is 2.07. The van der Waals surface area contributed by atoms with Gasteiger partial charge in [0.25, 0.3) is 0 Å². The van der Waals surface area contributed by atoms with E-state index in [0.717, 1.165) is 16.9 Å². The lowest BCUT2D eigenvalue weighted by Gasteiger charge is -2.31. The van der Waals surface area contributed by atoms with Crippen LogP contribution in [0.3, 0.4) is 0 Å². The maximum Gasteiger partial charge on any atom is 0.336 e. The Morgan fingerprint density at radius 1 is 1.16 bits per heavy atom. The topological polar surface area (TPSA) is 29.5 Å². The fourth-order valence-corrected chi connectivity index (χ4v) is 3.25. The maximum atomic E-state index is 12.7. The number of ether oxygens (including phenoxy) is 1. The van der Waals surface area contributed by atoms with Gasteiger partial charge in [0.15, 0.2) is 0 Å². The fourth-order valence-electron chi connectivity index (χ4n) is 3.06. The second-order valence-electron chi connectivity index (χ2n) is 5.80. The smallest absolute Gasteiger partial charge is 0.336 e. The Hall–Kier alpha value is -2.52. The molecular formula is C21H20ClNO2. The Bertz CT molecular complexity index is 827. The van der Waals surface area contributed by atoms with Crippen LogP contribution in [0.4, 0.5) is 5.69 Å². The van der Waals surface area contributed by atoms with Gasteiger partial charge in [-0.3, -0.25) is 0 Å². The first kappa shape index (κ1) is 17.3. The molecule has 0 spiro atoms. The molecule has 0 amide bonds. The van der Waals surface area contributed by atoms with E-state index in [9.17, 15) is 4.79 Å². The van der Waals surface area contributed by atoms with Crippen molar-refractivity contribution in [3.8, 4) is 0 Å². The van der Waals surface area contributed by atoms with Gasteiger partial charge in [-0.25, -0.2) is 4.79 Å². The molecule has 1 aliphatic rings. The number of anilines is 1. The van der Waals surface area contributed by atoms with Crippen LogP contribution in [0.25, 0.3) is 0 Å². The fraction of sp³-hybridized carbons (Fsp3) is 0.190. The highest BCUT2D eigenvalue weighted by atomic mass is 35.5. The predicted octanol–water partition coefficient (Wildman–Crippen LogP) is 5.29. The molecule has 4 heteroatoms. The molecule has 1 unspecified atom stereocenters. The minimum Gasteiger partial charge on any atom is -0.463 e. The van der Waals surface area contributed by atoms with E-state index in [2.05, 4.69) is 0 Å². The first-order valence-corrected chi connectivity index (χ1v) is 8.65. The van der Waals surface area contributed by atoms with Gasteiger partial charge in [0.05, 0.1) is 12.2 Å². The molecule has 2 aromatic carbocycles. The highest BCUT2D eigenvalue weighted by Crippen LogP contribution is 2.36. The molecule has 0 aromatic heterocycles. The van der Waals surface area contributed by atoms with E-state index in [1.165, 1.54) is 0 Å². The van der Waals surface area contributed by atoms with Gasteiger partial charge < -0.3 is 9.64 Å². The van der Waals surface area contributed by atoms with E-state index in [0.29, 0.717) is 17.2 Å². The second kappa shape index (κ2) is 7.58. The summed E-state index contributed by atoms with van der Waals surface area (Å²) in [5.41, 5.74) is 3.47. The summed E-state index contributed by atoms with van der Waals surface area (Å²) in [6.45, 7) is 4.10. The van der Waals surface area contributed by atoms with Crippen LogP contribution in [-0.4, -0.2) is 12.6 Å². The molecule has 0 radical (unpaired) electrons. The number of hydrogen-bond donors (Lipinski definition) is 0. The summed E-state index contributed by atoms with van der Waals surface area (Å²) in [6, 6.07) is 17.5. The monoisotopic (exact) mass is 353 g/mol. The van der Waals surface area contributed by atoms with Crippen LogP contribution >= 0.6 is 11.6 Å². The molecule has 1 heterocycles. The Kier molecular flexibility index (Phi) is 5.25. The minimum atomic E-state index is -0.287. The van der Waals surface area contributed by atoms with E-state index in [1.54, 1.807) is 0 Å². The molecule has 128 valence electrons. The molecule has 25 heavy (non-hydrogen) atoms. The van der Waals surface area contributed by atoms with Crippen molar-refractivity contribution in [3.63, 3.8) is 0 Å². The zero-order valence-electron chi connectivity index (χ0n) is 14.3. The highest BCUT2D eigenvalue weighted by Gasteiger charge is 2.29. The number of carbonyl (C=O) groups is 1. The zero-order chi connectivity index (χ0) is 17.8. The Morgan fingerprint density at radius 2 is 1.92 bits per heavy atom. The van der Waals surface area contributed by atoms with Gasteiger partial charge in [-0.1, -0.05) is 54.1 Å². The van der Waals surface area contributed by atoms with Crippen molar-refractivity contribution < 1.29 is 9.53 Å². The van der Waals surface area contributed by atoms with Gasteiger partial charge in [0, 0.05) is 28.5 Å². The normalized spacial score (nSPS) is 16.9. The van der Waals surface area contributed by atoms with Gasteiger partial charge in [-0.15, -0.1) is 0 Å². The number of hydrogen-bond acceptors (Lipinski definition) is 3. The van der Waals surface area contributed by atoms with Crippen LogP contribution < -0.4 is 4.90 Å². The zero-order valence-corrected chi connectivity index (χ0v) is 15.0. The van der Waals surface area contributed by atoms with Crippen LogP contribution in [-0.2, 0) is 9.53 Å². The van der Waals surface area contributed by atoms with Crippen molar-refractivity contribution in [2.24, 2.45) is 0 Å². The lowest BCUT2D eigenvalue weighted by molar-refractivity contribution is -0.138. The molecule has 3 rings (SSSR count). The van der Waals surface area contributed by atoms with Crippen molar-refractivity contribution >= 4 is 23.3 Å². The van der Waals surface area contributed by atoms with E-state index < -0.39 is 0 Å². The lowest BCUT2D eigenvalue weighted by Crippen LogP contribution is -2.26. The third-order valence-corrected chi connectivity index (χ3v) is 4.47. The molecule has 0 fully saturated rings. The summed E-state index contributed by atoms with van der Waals surface area (Å²) in [7, 11) is 0. The number of halogens is 1.